The number of nitrogens with zero attached hydrogens (tertiary/aromatic N) is 2. The van der Waals surface area contributed by atoms with Crippen molar-refractivity contribution in [2.24, 2.45) is 4.99 Å². The first-order chi connectivity index (χ1) is 16.5. The summed E-state index contributed by atoms with van der Waals surface area (Å²) in [5, 5.41) is 0. The molecule has 1 heterocycles. The van der Waals surface area contributed by atoms with Gasteiger partial charge in [-0.15, -0.1) is 0 Å². The second-order valence-electron chi connectivity index (χ2n) is 7.20. The van der Waals surface area contributed by atoms with Crippen LogP contribution in [0.1, 0.15) is 44.5 Å². The third-order valence-electron chi connectivity index (χ3n) is 4.99. The Morgan fingerprint density at radius 1 is 0.882 bits per heavy atom. The maximum absolute atomic E-state index is 13.4. The molecular weight excluding hydrogens is 456 g/mol. The molecule has 1 aromatic heterocycles. The molecule has 0 spiro atoms. The summed E-state index contributed by atoms with van der Waals surface area (Å²) >= 11 is 1.39. The molecule has 0 atom stereocenters. The molecular formula is C25H32N2O6S. The Labute approximate surface area is 203 Å². The Morgan fingerprint density at radius 2 is 1.47 bits per heavy atom. The monoisotopic (exact) mass is 488 g/mol. The van der Waals surface area contributed by atoms with Crippen molar-refractivity contribution >= 4 is 27.5 Å². The molecule has 0 saturated carbocycles. The summed E-state index contributed by atoms with van der Waals surface area (Å²) in [6.45, 7) is 9.68. The van der Waals surface area contributed by atoms with E-state index in [1.807, 2.05) is 37.5 Å². The van der Waals surface area contributed by atoms with E-state index in [1.54, 1.807) is 26.4 Å². The van der Waals surface area contributed by atoms with Crippen molar-refractivity contribution in [1.29, 1.82) is 0 Å². The highest BCUT2D eigenvalue weighted by Crippen LogP contribution is 2.39. The molecule has 0 aliphatic rings. The van der Waals surface area contributed by atoms with Crippen molar-refractivity contribution < 1.29 is 28.5 Å². The average Bonchev–Trinajstić information content (AvgIpc) is 3.18. The fourth-order valence-corrected chi connectivity index (χ4v) is 4.80. The van der Waals surface area contributed by atoms with Crippen LogP contribution in [0.5, 0.6) is 28.7 Å². The maximum atomic E-state index is 13.4. The van der Waals surface area contributed by atoms with Crippen LogP contribution in [0.25, 0.3) is 10.2 Å². The third-order valence-corrected chi connectivity index (χ3v) is 6.09. The van der Waals surface area contributed by atoms with E-state index < -0.39 is 5.91 Å². The quantitative estimate of drug-likeness (QED) is 0.375. The Kier molecular flexibility index (Phi) is 8.81. The third kappa shape index (κ3) is 5.14. The standard InChI is InChI=1S/C25H32N2O6S/c1-7-13-27-21-17(29-5)11-12-18(30-6)23(21)34-25(27)26-24(28)16-14-19(31-8-2)22(33-10-4)20(15-16)32-9-3/h11-12,14-15H,7-10,13H2,1-6H3. The lowest BCUT2D eigenvalue weighted by Gasteiger charge is -2.16. The van der Waals surface area contributed by atoms with Crippen molar-refractivity contribution in [3.05, 3.63) is 34.6 Å². The molecule has 0 unspecified atom stereocenters. The molecule has 0 aliphatic carbocycles. The number of aromatic nitrogens is 1. The molecule has 0 fully saturated rings. The summed E-state index contributed by atoms with van der Waals surface area (Å²) < 4.78 is 31.3. The molecule has 0 saturated heterocycles. The van der Waals surface area contributed by atoms with Crippen molar-refractivity contribution in [3.8, 4) is 28.7 Å². The van der Waals surface area contributed by atoms with Crippen LogP contribution in [0.4, 0.5) is 0 Å². The maximum Gasteiger partial charge on any atom is 0.279 e. The summed E-state index contributed by atoms with van der Waals surface area (Å²) in [7, 11) is 3.25. The van der Waals surface area contributed by atoms with Gasteiger partial charge in [-0.25, -0.2) is 0 Å². The molecule has 9 heteroatoms. The molecule has 0 N–H and O–H groups in total. The van der Waals surface area contributed by atoms with Gasteiger partial charge in [0.05, 0.1) is 34.0 Å². The summed E-state index contributed by atoms with van der Waals surface area (Å²) in [5.41, 5.74) is 1.21. The zero-order valence-electron chi connectivity index (χ0n) is 20.6. The van der Waals surface area contributed by atoms with Gasteiger partial charge in [0.1, 0.15) is 21.7 Å². The van der Waals surface area contributed by atoms with Crippen LogP contribution in [-0.2, 0) is 6.54 Å². The molecule has 3 rings (SSSR count). The number of hydrogen-bond donors (Lipinski definition) is 0. The van der Waals surface area contributed by atoms with E-state index in [1.165, 1.54) is 11.3 Å². The van der Waals surface area contributed by atoms with E-state index in [9.17, 15) is 4.79 Å². The number of carbonyl (C=O) groups excluding carboxylic acids is 1. The van der Waals surface area contributed by atoms with Crippen molar-refractivity contribution in [3.63, 3.8) is 0 Å². The minimum absolute atomic E-state index is 0.356. The second kappa shape index (κ2) is 11.8. The number of thiazole rings is 1. The highest BCUT2D eigenvalue weighted by Gasteiger charge is 2.20. The topological polar surface area (TPSA) is 80.5 Å². The predicted octanol–water partition coefficient (Wildman–Crippen LogP) is 5.07. The first-order valence-electron chi connectivity index (χ1n) is 11.4. The van der Waals surface area contributed by atoms with Gasteiger partial charge in [0, 0.05) is 12.1 Å². The van der Waals surface area contributed by atoms with Gasteiger partial charge in [-0.05, 0) is 51.5 Å². The smallest absolute Gasteiger partial charge is 0.279 e. The Morgan fingerprint density at radius 3 is 2.00 bits per heavy atom. The highest BCUT2D eigenvalue weighted by molar-refractivity contribution is 7.16. The van der Waals surface area contributed by atoms with E-state index in [0.717, 1.165) is 16.6 Å². The molecule has 2 aromatic carbocycles. The SMILES string of the molecule is CCCn1c(=NC(=O)c2cc(OCC)c(OCC)c(OCC)c2)sc2c(OC)ccc(OC)c21. The highest BCUT2D eigenvalue weighted by atomic mass is 32.1. The molecule has 34 heavy (non-hydrogen) atoms. The average molecular weight is 489 g/mol. The fourth-order valence-electron chi connectivity index (χ4n) is 3.63. The summed E-state index contributed by atoms with van der Waals surface area (Å²) in [6, 6.07) is 7.03. The van der Waals surface area contributed by atoms with E-state index in [-0.39, 0.29) is 0 Å². The first kappa shape index (κ1) is 25.4. The molecule has 8 nitrogen and oxygen atoms in total. The normalized spacial score (nSPS) is 11.5. The van der Waals surface area contributed by atoms with Crippen molar-refractivity contribution in [1.82, 2.24) is 4.57 Å². The van der Waals surface area contributed by atoms with Crippen LogP contribution in [-0.4, -0.2) is 44.5 Å². The van der Waals surface area contributed by atoms with Gasteiger partial charge < -0.3 is 28.3 Å². The van der Waals surface area contributed by atoms with Gasteiger partial charge in [-0.2, -0.15) is 4.99 Å². The zero-order chi connectivity index (χ0) is 24.7. The van der Waals surface area contributed by atoms with Crippen LogP contribution in [0.3, 0.4) is 0 Å². The molecule has 0 radical (unpaired) electrons. The summed E-state index contributed by atoms with van der Waals surface area (Å²) in [6.07, 6.45) is 0.861. The Hall–Kier alpha value is -3.20. The van der Waals surface area contributed by atoms with Gasteiger partial charge in [-0.3, -0.25) is 4.79 Å². The minimum atomic E-state index is -0.403. The number of aryl methyl sites for hydroxylation is 1. The van der Waals surface area contributed by atoms with Crippen LogP contribution < -0.4 is 28.5 Å². The number of benzene rings is 2. The van der Waals surface area contributed by atoms with E-state index in [0.29, 0.717) is 65.5 Å². The Balaban J connectivity index is 2.21. The number of hydrogen-bond acceptors (Lipinski definition) is 7. The molecule has 184 valence electrons. The lowest BCUT2D eigenvalue weighted by Crippen LogP contribution is -2.17. The number of carbonyl (C=O) groups is 1. The summed E-state index contributed by atoms with van der Waals surface area (Å²) in [4.78, 5) is 18.4. The van der Waals surface area contributed by atoms with Crippen molar-refractivity contribution in [2.75, 3.05) is 34.0 Å². The van der Waals surface area contributed by atoms with Crippen LogP contribution in [0.2, 0.25) is 0 Å². The van der Waals surface area contributed by atoms with Crippen LogP contribution in [0, 0.1) is 0 Å². The number of rotatable bonds is 11. The largest absolute Gasteiger partial charge is 0.495 e. The van der Waals surface area contributed by atoms with Gasteiger partial charge >= 0.3 is 0 Å². The summed E-state index contributed by atoms with van der Waals surface area (Å²) in [5.74, 6) is 2.40. The number of methoxy groups -OCH3 is 2. The Bertz CT molecular complexity index is 1190. The first-order valence-corrected chi connectivity index (χ1v) is 12.2. The second-order valence-corrected chi connectivity index (χ2v) is 8.18. The molecule has 0 aliphatic heterocycles. The molecule has 3 aromatic rings. The zero-order valence-corrected chi connectivity index (χ0v) is 21.4. The van der Waals surface area contributed by atoms with E-state index in [2.05, 4.69) is 11.9 Å². The van der Waals surface area contributed by atoms with Crippen LogP contribution in [0.15, 0.2) is 29.3 Å². The van der Waals surface area contributed by atoms with E-state index >= 15 is 0 Å². The van der Waals surface area contributed by atoms with Gasteiger partial charge in [0.15, 0.2) is 16.3 Å². The minimum Gasteiger partial charge on any atom is -0.495 e. The lowest BCUT2D eigenvalue weighted by molar-refractivity contribution is 0.0996. The van der Waals surface area contributed by atoms with Gasteiger partial charge in [-0.1, -0.05) is 18.3 Å². The fraction of sp³-hybridized carbons (Fsp3) is 0.440. The van der Waals surface area contributed by atoms with E-state index in [4.69, 9.17) is 23.7 Å². The molecule has 0 bridgehead atoms. The lowest BCUT2D eigenvalue weighted by atomic mass is 10.1. The molecule has 1 amide bonds. The van der Waals surface area contributed by atoms with Gasteiger partial charge in [0.2, 0.25) is 5.75 Å². The van der Waals surface area contributed by atoms with Crippen LogP contribution >= 0.6 is 11.3 Å². The van der Waals surface area contributed by atoms with Gasteiger partial charge in [0.25, 0.3) is 5.91 Å². The number of fused-ring (bicyclic) bond motifs is 1. The predicted molar refractivity (Wildman–Crippen MR) is 133 cm³/mol. The number of ether oxygens (including phenoxy) is 5. The van der Waals surface area contributed by atoms with Crippen molar-refractivity contribution in [2.45, 2.75) is 40.7 Å². The number of amides is 1.